The fraction of sp³-hybridized carbons (Fsp3) is 0.143. The lowest BCUT2D eigenvalue weighted by molar-refractivity contribution is 0.425. The normalized spacial score (nSPS) is 10.0. The maximum Gasteiger partial charge on any atom is 0.488 e. The third kappa shape index (κ3) is 2.26. The molecule has 0 aliphatic carbocycles. The molecule has 1 aromatic carbocycles. The van der Waals surface area contributed by atoms with Crippen LogP contribution in [0.15, 0.2) is 27.6 Å². The summed E-state index contributed by atoms with van der Waals surface area (Å²) in [7, 11) is -1.39. The zero-order valence-electron chi connectivity index (χ0n) is 6.49. The zero-order valence-corrected chi connectivity index (χ0v) is 8.89. The van der Waals surface area contributed by atoms with Gasteiger partial charge in [-0.1, -0.05) is 6.07 Å². The molecule has 0 bridgehead atoms. The van der Waals surface area contributed by atoms with Crippen molar-refractivity contribution in [2.24, 2.45) is 0 Å². The molecule has 0 spiro atoms. The zero-order chi connectivity index (χ0) is 9.14. The summed E-state index contributed by atoms with van der Waals surface area (Å²) in [5.74, 6) is 0. The third-order valence-electron chi connectivity index (χ3n) is 1.47. The van der Waals surface area contributed by atoms with Crippen molar-refractivity contribution < 1.29 is 10.0 Å². The van der Waals surface area contributed by atoms with Crippen LogP contribution in [0.4, 0.5) is 0 Å². The molecule has 0 aliphatic rings. The van der Waals surface area contributed by atoms with Gasteiger partial charge in [0.1, 0.15) is 0 Å². The number of hydrogen-bond acceptors (Lipinski definition) is 3. The Bertz CT molecular complexity index is 280. The standard InChI is InChI=1S/C7H8BBrO2S/c1-12-7-4-5(8(10)11)2-3-6(7)9/h2-4,10-11H,1H3. The van der Waals surface area contributed by atoms with E-state index in [1.165, 1.54) is 0 Å². The molecule has 0 fully saturated rings. The van der Waals surface area contributed by atoms with Gasteiger partial charge in [-0.2, -0.15) is 0 Å². The van der Waals surface area contributed by atoms with Crippen molar-refractivity contribution >= 4 is 40.3 Å². The van der Waals surface area contributed by atoms with Gasteiger partial charge in [0, 0.05) is 9.37 Å². The minimum atomic E-state index is -1.39. The van der Waals surface area contributed by atoms with E-state index < -0.39 is 7.12 Å². The molecule has 2 N–H and O–H groups in total. The molecule has 0 aliphatic heterocycles. The summed E-state index contributed by atoms with van der Waals surface area (Å²) in [5, 5.41) is 17.7. The summed E-state index contributed by atoms with van der Waals surface area (Å²) in [4.78, 5) is 1.00. The molecule has 5 heteroatoms. The van der Waals surface area contributed by atoms with E-state index in [1.54, 1.807) is 30.0 Å². The van der Waals surface area contributed by atoms with E-state index in [9.17, 15) is 0 Å². The van der Waals surface area contributed by atoms with E-state index in [2.05, 4.69) is 15.9 Å². The van der Waals surface area contributed by atoms with Crippen LogP contribution in [0.25, 0.3) is 0 Å². The van der Waals surface area contributed by atoms with Gasteiger partial charge in [0.25, 0.3) is 0 Å². The van der Waals surface area contributed by atoms with Gasteiger partial charge < -0.3 is 10.0 Å². The number of halogens is 1. The van der Waals surface area contributed by atoms with E-state index in [1.807, 2.05) is 6.26 Å². The van der Waals surface area contributed by atoms with Gasteiger partial charge in [-0.25, -0.2) is 0 Å². The average molecular weight is 247 g/mol. The minimum absolute atomic E-state index is 0.516. The Labute approximate surface area is 84.3 Å². The first-order chi connectivity index (χ1) is 5.65. The van der Waals surface area contributed by atoms with Crippen LogP contribution in [-0.4, -0.2) is 23.4 Å². The van der Waals surface area contributed by atoms with E-state index in [4.69, 9.17) is 10.0 Å². The highest BCUT2D eigenvalue weighted by molar-refractivity contribution is 9.10. The van der Waals surface area contributed by atoms with Gasteiger partial charge in [-0.3, -0.25) is 0 Å². The molecule has 0 saturated carbocycles. The predicted molar refractivity (Wildman–Crippen MR) is 55.7 cm³/mol. The van der Waals surface area contributed by atoms with Gasteiger partial charge in [0.05, 0.1) is 0 Å². The van der Waals surface area contributed by atoms with Crippen LogP contribution in [0.5, 0.6) is 0 Å². The monoisotopic (exact) mass is 246 g/mol. The van der Waals surface area contributed by atoms with Crippen LogP contribution in [0.2, 0.25) is 0 Å². The Morgan fingerprint density at radius 3 is 2.58 bits per heavy atom. The topological polar surface area (TPSA) is 40.5 Å². The van der Waals surface area contributed by atoms with E-state index in [0.717, 1.165) is 9.37 Å². The highest BCUT2D eigenvalue weighted by atomic mass is 79.9. The average Bonchev–Trinajstić information content (AvgIpc) is 2.05. The Balaban J connectivity index is 3.05. The molecular weight excluding hydrogens is 239 g/mol. The van der Waals surface area contributed by atoms with Gasteiger partial charge in [-0.15, -0.1) is 11.8 Å². The fourth-order valence-corrected chi connectivity index (χ4v) is 2.09. The first kappa shape index (κ1) is 10.1. The second-order valence-corrected chi connectivity index (χ2v) is 3.97. The molecule has 0 radical (unpaired) electrons. The largest absolute Gasteiger partial charge is 0.488 e. The van der Waals surface area contributed by atoms with Crippen molar-refractivity contribution in [3.05, 3.63) is 22.7 Å². The van der Waals surface area contributed by atoms with Crippen molar-refractivity contribution in [1.82, 2.24) is 0 Å². The molecule has 0 heterocycles. The van der Waals surface area contributed by atoms with Crippen LogP contribution in [0, 0.1) is 0 Å². The number of rotatable bonds is 2. The molecule has 1 rings (SSSR count). The number of hydrogen-bond donors (Lipinski definition) is 2. The summed E-state index contributed by atoms with van der Waals surface area (Å²) < 4.78 is 0.972. The van der Waals surface area contributed by atoms with Crippen LogP contribution < -0.4 is 5.46 Å². The van der Waals surface area contributed by atoms with Crippen LogP contribution in [-0.2, 0) is 0 Å². The lowest BCUT2D eigenvalue weighted by Gasteiger charge is -2.03. The van der Waals surface area contributed by atoms with Crippen LogP contribution in [0.1, 0.15) is 0 Å². The lowest BCUT2D eigenvalue weighted by atomic mass is 9.80. The first-order valence-corrected chi connectivity index (χ1v) is 5.36. The summed E-state index contributed by atoms with van der Waals surface area (Å²) in [5.41, 5.74) is 0.516. The molecule has 0 saturated heterocycles. The summed E-state index contributed by atoms with van der Waals surface area (Å²) in [6.45, 7) is 0. The van der Waals surface area contributed by atoms with Crippen molar-refractivity contribution in [1.29, 1.82) is 0 Å². The number of benzene rings is 1. The van der Waals surface area contributed by atoms with Crippen molar-refractivity contribution in [3.8, 4) is 0 Å². The van der Waals surface area contributed by atoms with Gasteiger partial charge >= 0.3 is 7.12 Å². The Hall–Kier alpha value is 0.0349. The second kappa shape index (κ2) is 4.32. The lowest BCUT2D eigenvalue weighted by Crippen LogP contribution is -2.29. The smallest absolute Gasteiger partial charge is 0.423 e. The Morgan fingerprint density at radius 1 is 1.42 bits per heavy atom. The first-order valence-electron chi connectivity index (χ1n) is 3.34. The predicted octanol–water partition coefficient (Wildman–Crippen LogP) is 0.851. The summed E-state index contributed by atoms with van der Waals surface area (Å²) in [6, 6.07) is 5.23. The minimum Gasteiger partial charge on any atom is -0.423 e. The molecule has 0 aromatic heterocycles. The molecular formula is C7H8BBrO2S. The second-order valence-electron chi connectivity index (χ2n) is 2.27. The van der Waals surface area contributed by atoms with Crippen molar-refractivity contribution in [2.75, 3.05) is 6.26 Å². The molecule has 12 heavy (non-hydrogen) atoms. The Morgan fingerprint density at radius 2 is 2.08 bits per heavy atom. The summed E-state index contributed by atoms with van der Waals surface area (Å²) >= 11 is 4.91. The van der Waals surface area contributed by atoms with Crippen molar-refractivity contribution in [3.63, 3.8) is 0 Å². The van der Waals surface area contributed by atoms with Gasteiger partial charge in [0.15, 0.2) is 0 Å². The highest BCUT2D eigenvalue weighted by Crippen LogP contribution is 2.23. The van der Waals surface area contributed by atoms with E-state index in [-0.39, 0.29) is 0 Å². The molecule has 0 unspecified atom stereocenters. The van der Waals surface area contributed by atoms with Gasteiger partial charge in [0.2, 0.25) is 0 Å². The maximum absolute atomic E-state index is 8.87. The van der Waals surface area contributed by atoms with Crippen molar-refractivity contribution in [2.45, 2.75) is 4.90 Å². The molecule has 1 aromatic rings. The van der Waals surface area contributed by atoms with E-state index in [0.29, 0.717) is 5.46 Å². The van der Waals surface area contributed by atoms with Crippen LogP contribution in [0.3, 0.4) is 0 Å². The molecule has 2 nitrogen and oxygen atoms in total. The fourth-order valence-electron chi connectivity index (χ4n) is 0.837. The maximum atomic E-state index is 8.87. The third-order valence-corrected chi connectivity index (χ3v) is 3.20. The quantitative estimate of drug-likeness (QED) is 0.601. The van der Waals surface area contributed by atoms with Gasteiger partial charge in [-0.05, 0) is 39.8 Å². The molecule has 64 valence electrons. The highest BCUT2D eigenvalue weighted by Gasteiger charge is 2.11. The number of thioether (sulfide) groups is 1. The molecule has 0 atom stereocenters. The Kier molecular flexibility index (Phi) is 3.64. The summed E-state index contributed by atoms with van der Waals surface area (Å²) in [6.07, 6.45) is 1.94. The molecule has 0 amide bonds. The SMILES string of the molecule is CSc1cc(B(O)O)ccc1Br. The van der Waals surface area contributed by atoms with Crippen LogP contribution >= 0.6 is 27.7 Å². The van der Waals surface area contributed by atoms with E-state index >= 15 is 0 Å².